The summed E-state index contributed by atoms with van der Waals surface area (Å²) in [6.45, 7) is 13.5. The molecule has 4 rings (SSSR count). The standard InChI is InChI=1S/C26H31N7O2/c1-6-16-32-24(34)20-17-27-25(28-18-12-14-19(15-13-18)31(7-2)8-3)30-23(20)33(32)22-11-9-10-21(29-22)26(4,5)35/h6,9-15,17,35H,1,7-8,16H2,2-5H3,(H,27,28,30). The second-order valence-electron chi connectivity index (χ2n) is 8.70. The van der Waals surface area contributed by atoms with Crippen molar-refractivity contribution in [3.05, 3.63) is 77.4 Å². The average Bonchev–Trinajstić information content (AvgIpc) is 3.11. The van der Waals surface area contributed by atoms with Gasteiger partial charge < -0.3 is 15.3 Å². The van der Waals surface area contributed by atoms with Crippen LogP contribution in [-0.2, 0) is 12.1 Å². The summed E-state index contributed by atoms with van der Waals surface area (Å²) in [5.74, 6) is 0.822. The Kier molecular flexibility index (Phi) is 6.70. The first kappa shape index (κ1) is 24.2. The van der Waals surface area contributed by atoms with E-state index in [0.717, 1.165) is 24.5 Å². The van der Waals surface area contributed by atoms with Gasteiger partial charge in [-0.05, 0) is 64.1 Å². The van der Waals surface area contributed by atoms with Crippen molar-refractivity contribution < 1.29 is 5.11 Å². The van der Waals surface area contributed by atoms with Crippen molar-refractivity contribution in [3.8, 4) is 5.82 Å². The molecular weight excluding hydrogens is 442 g/mol. The van der Waals surface area contributed by atoms with Gasteiger partial charge in [0.1, 0.15) is 11.0 Å². The lowest BCUT2D eigenvalue weighted by Crippen LogP contribution is -2.23. The summed E-state index contributed by atoms with van der Waals surface area (Å²) in [5.41, 5.74) is 1.49. The average molecular weight is 474 g/mol. The molecule has 0 aliphatic carbocycles. The minimum Gasteiger partial charge on any atom is -0.384 e. The fourth-order valence-corrected chi connectivity index (χ4v) is 3.96. The maximum Gasteiger partial charge on any atom is 0.278 e. The molecule has 9 nitrogen and oxygen atoms in total. The molecule has 0 aliphatic rings. The molecule has 182 valence electrons. The largest absolute Gasteiger partial charge is 0.384 e. The van der Waals surface area contributed by atoms with E-state index in [4.69, 9.17) is 0 Å². The quantitative estimate of drug-likeness (QED) is 0.355. The summed E-state index contributed by atoms with van der Waals surface area (Å²) in [5, 5.41) is 14.0. The first-order valence-corrected chi connectivity index (χ1v) is 11.7. The third-order valence-corrected chi connectivity index (χ3v) is 5.81. The molecular formula is C26H31N7O2. The van der Waals surface area contributed by atoms with E-state index in [1.807, 2.05) is 12.1 Å². The van der Waals surface area contributed by atoms with Crippen LogP contribution < -0.4 is 15.8 Å². The molecule has 0 unspecified atom stereocenters. The lowest BCUT2D eigenvalue weighted by Gasteiger charge is -2.21. The summed E-state index contributed by atoms with van der Waals surface area (Å²) in [6, 6.07) is 13.4. The third-order valence-electron chi connectivity index (χ3n) is 5.81. The van der Waals surface area contributed by atoms with Crippen LogP contribution in [-0.4, -0.2) is 42.5 Å². The number of nitrogens with zero attached hydrogens (tertiary/aromatic N) is 6. The molecule has 3 aromatic heterocycles. The highest BCUT2D eigenvalue weighted by molar-refractivity contribution is 5.77. The maximum atomic E-state index is 13.1. The molecule has 0 spiro atoms. The fourth-order valence-electron chi connectivity index (χ4n) is 3.96. The topological polar surface area (TPSA) is 101 Å². The van der Waals surface area contributed by atoms with Gasteiger partial charge in [0, 0.05) is 30.7 Å². The Morgan fingerprint density at radius 1 is 1.11 bits per heavy atom. The maximum absolute atomic E-state index is 13.1. The number of anilines is 3. The smallest absolute Gasteiger partial charge is 0.278 e. The van der Waals surface area contributed by atoms with Gasteiger partial charge in [-0.15, -0.1) is 6.58 Å². The molecule has 1 aromatic carbocycles. The zero-order chi connectivity index (χ0) is 25.2. The monoisotopic (exact) mass is 473 g/mol. The Labute approximate surface area is 204 Å². The van der Waals surface area contributed by atoms with Gasteiger partial charge in [-0.3, -0.25) is 4.79 Å². The number of allylic oxidation sites excluding steroid dienone is 1. The zero-order valence-electron chi connectivity index (χ0n) is 20.6. The van der Waals surface area contributed by atoms with E-state index in [-0.39, 0.29) is 12.1 Å². The molecule has 0 saturated heterocycles. The molecule has 0 aliphatic heterocycles. The van der Waals surface area contributed by atoms with Gasteiger partial charge in [-0.1, -0.05) is 12.1 Å². The van der Waals surface area contributed by atoms with Crippen LogP contribution >= 0.6 is 0 Å². The van der Waals surface area contributed by atoms with Gasteiger partial charge in [0.25, 0.3) is 5.56 Å². The number of hydrogen-bond acceptors (Lipinski definition) is 7. The van der Waals surface area contributed by atoms with Crippen molar-refractivity contribution in [2.45, 2.75) is 39.8 Å². The SMILES string of the molecule is C=CCn1c(=O)c2cnc(Nc3ccc(N(CC)CC)cc3)nc2n1-c1cccc(C(C)(C)O)n1. The summed E-state index contributed by atoms with van der Waals surface area (Å²) >= 11 is 0. The summed E-state index contributed by atoms with van der Waals surface area (Å²) in [6.07, 6.45) is 3.16. The van der Waals surface area contributed by atoms with Gasteiger partial charge in [-0.25, -0.2) is 19.3 Å². The molecule has 0 bridgehead atoms. The predicted octanol–water partition coefficient (Wildman–Crippen LogP) is 3.98. The van der Waals surface area contributed by atoms with E-state index < -0.39 is 5.60 Å². The van der Waals surface area contributed by atoms with Crippen LogP contribution in [0.4, 0.5) is 17.3 Å². The van der Waals surface area contributed by atoms with Gasteiger partial charge in [0.05, 0.1) is 12.2 Å². The zero-order valence-corrected chi connectivity index (χ0v) is 20.6. The van der Waals surface area contributed by atoms with Crippen LogP contribution in [0.25, 0.3) is 16.9 Å². The molecule has 0 amide bonds. The van der Waals surface area contributed by atoms with E-state index in [1.165, 1.54) is 10.9 Å². The molecule has 9 heteroatoms. The second kappa shape index (κ2) is 9.71. The molecule has 35 heavy (non-hydrogen) atoms. The van der Waals surface area contributed by atoms with Gasteiger partial charge in [-0.2, -0.15) is 4.98 Å². The van der Waals surface area contributed by atoms with Crippen LogP contribution in [0.5, 0.6) is 0 Å². The Balaban J connectivity index is 1.78. The Morgan fingerprint density at radius 2 is 1.83 bits per heavy atom. The minimum absolute atomic E-state index is 0.245. The number of nitrogens with one attached hydrogen (secondary N) is 1. The highest BCUT2D eigenvalue weighted by Crippen LogP contribution is 2.23. The van der Waals surface area contributed by atoms with Crippen molar-refractivity contribution in [1.29, 1.82) is 0 Å². The summed E-state index contributed by atoms with van der Waals surface area (Å²) in [7, 11) is 0. The molecule has 0 radical (unpaired) electrons. The first-order valence-electron chi connectivity index (χ1n) is 11.7. The number of hydrogen-bond donors (Lipinski definition) is 2. The number of aliphatic hydroxyl groups is 1. The van der Waals surface area contributed by atoms with Crippen LogP contribution in [0.3, 0.4) is 0 Å². The Bertz CT molecular complexity index is 1390. The number of aromatic nitrogens is 5. The van der Waals surface area contributed by atoms with Gasteiger partial charge in [0.15, 0.2) is 11.5 Å². The first-order chi connectivity index (χ1) is 16.8. The molecule has 3 heterocycles. The van der Waals surface area contributed by atoms with Gasteiger partial charge in [0.2, 0.25) is 5.95 Å². The Morgan fingerprint density at radius 3 is 2.46 bits per heavy atom. The van der Waals surface area contributed by atoms with E-state index in [1.54, 1.807) is 42.8 Å². The van der Waals surface area contributed by atoms with Crippen molar-refractivity contribution in [1.82, 2.24) is 24.3 Å². The molecule has 0 atom stereocenters. The predicted molar refractivity (Wildman–Crippen MR) is 140 cm³/mol. The highest BCUT2D eigenvalue weighted by Gasteiger charge is 2.21. The van der Waals surface area contributed by atoms with Crippen LogP contribution in [0, 0.1) is 0 Å². The van der Waals surface area contributed by atoms with Crippen LogP contribution in [0.1, 0.15) is 33.4 Å². The lowest BCUT2D eigenvalue weighted by molar-refractivity contribution is 0.0738. The van der Waals surface area contributed by atoms with E-state index in [9.17, 15) is 9.90 Å². The normalized spacial score (nSPS) is 11.6. The highest BCUT2D eigenvalue weighted by atomic mass is 16.3. The van der Waals surface area contributed by atoms with Crippen molar-refractivity contribution in [3.63, 3.8) is 0 Å². The van der Waals surface area contributed by atoms with Crippen LogP contribution in [0.15, 0.2) is 66.1 Å². The number of rotatable bonds is 9. The number of pyridine rings is 1. The van der Waals surface area contributed by atoms with Crippen molar-refractivity contribution >= 4 is 28.4 Å². The number of fused-ring (bicyclic) bond motifs is 1. The van der Waals surface area contributed by atoms with Crippen molar-refractivity contribution in [2.24, 2.45) is 0 Å². The second-order valence-corrected chi connectivity index (χ2v) is 8.70. The summed E-state index contributed by atoms with van der Waals surface area (Å²) in [4.78, 5) is 29.0. The number of benzene rings is 1. The Hall–Kier alpha value is -3.98. The van der Waals surface area contributed by atoms with E-state index in [0.29, 0.717) is 28.5 Å². The summed E-state index contributed by atoms with van der Waals surface area (Å²) < 4.78 is 3.15. The van der Waals surface area contributed by atoms with E-state index in [2.05, 4.69) is 57.7 Å². The lowest BCUT2D eigenvalue weighted by atomic mass is 10.1. The van der Waals surface area contributed by atoms with Crippen molar-refractivity contribution in [2.75, 3.05) is 23.3 Å². The minimum atomic E-state index is -1.14. The van der Waals surface area contributed by atoms with E-state index >= 15 is 0 Å². The molecule has 4 aromatic rings. The fraction of sp³-hybridized carbons (Fsp3) is 0.308. The van der Waals surface area contributed by atoms with Crippen LogP contribution in [0.2, 0.25) is 0 Å². The molecule has 2 N–H and O–H groups in total. The third kappa shape index (κ3) is 4.81. The van der Waals surface area contributed by atoms with Gasteiger partial charge >= 0.3 is 0 Å². The molecule has 0 fully saturated rings. The molecule has 0 saturated carbocycles.